The molecule has 114 valence electrons. The Labute approximate surface area is 115 Å². The van der Waals surface area contributed by atoms with Crippen LogP contribution in [0.25, 0.3) is 0 Å². The minimum atomic E-state index is -4.00. The Morgan fingerprint density at radius 3 is 2.21 bits per heavy atom. The van der Waals surface area contributed by atoms with E-state index in [1.807, 2.05) is 18.6 Å². The number of aliphatic hydroxyl groups is 1. The molecule has 0 saturated heterocycles. The zero-order chi connectivity index (χ0) is 15.1. The molecule has 0 atom stereocenters. The van der Waals surface area contributed by atoms with E-state index in [4.69, 9.17) is 9.84 Å². The first-order chi connectivity index (χ1) is 8.78. The van der Waals surface area contributed by atoms with E-state index in [0.29, 0.717) is 12.8 Å². The van der Waals surface area contributed by atoms with Crippen LogP contribution in [0.4, 0.5) is 4.79 Å². The van der Waals surface area contributed by atoms with Gasteiger partial charge >= 0.3 is 16.3 Å². The zero-order valence-electron chi connectivity index (χ0n) is 11.9. The summed E-state index contributed by atoms with van der Waals surface area (Å²) in [7, 11) is -4.00. The first-order valence-corrected chi connectivity index (χ1v) is 7.83. The Morgan fingerprint density at radius 1 is 1.32 bits per heavy atom. The van der Waals surface area contributed by atoms with Crippen molar-refractivity contribution in [2.75, 3.05) is 13.2 Å². The fourth-order valence-electron chi connectivity index (χ4n) is 1.70. The van der Waals surface area contributed by atoms with Crippen LogP contribution in [0.15, 0.2) is 0 Å². The van der Waals surface area contributed by atoms with Crippen molar-refractivity contribution in [3.05, 3.63) is 0 Å². The predicted octanol–water partition coefficient (Wildman–Crippen LogP) is 0.849. The van der Waals surface area contributed by atoms with Crippen molar-refractivity contribution in [1.82, 2.24) is 9.03 Å². The summed E-state index contributed by atoms with van der Waals surface area (Å²) >= 11 is 0. The lowest BCUT2D eigenvalue weighted by Gasteiger charge is -2.28. The van der Waals surface area contributed by atoms with Crippen LogP contribution < -0.4 is 4.72 Å². The maximum Gasteiger partial charge on any atom is 0.422 e. The molecule has 0 aliphatic heterocycles. The van der Waals surface area contributed by atoms with Crippen LogP contribution in [0.1, 0.15) is 40.5 Å². The molecule has 2 N–H and O–H groups in total. The van der Waals surface area contributed by atoms with Gasteiger partial charge in [-0.15, -0.1) is 0 Å². The quantitative estimate of drug-likeness (QED) is 0.692. The number of ether oxygens (including phenoxy) is 1. The number of nitrogens with zero attached hydrogens (tertiary/aromatic N) is 1. The van der Waals surface area contributed by atoms with Crippen LogP contribution in [0.5, 0.6) is 0 Å². The van der Waals surface area contributed by atoms with Crippen LogP contribution >= 0.6 is 0 Å². The maximum absolute atomic E-state index is 12.1. The Kier molecular flexibility index (Phi) is 7.96. The first kappa shape index (κ1) is 18.1. The fraction of sp³-hybridized carbons (Fsp3) is 0.909. The molecular formula is C11H24N2O5S. The molecule has 0 fully saturated rings. The second kappa shape index (κ2) is 8.34. The standard InChI is InChI=1S/C11H24N2O5S/c1-5-10(6-2)13(7-8-14)19(16,17)12-11(15)18-9(3)4/h9-10,14H,5-8H2,1-4H3,(H,12,15). The summed E-state index contributed by atoms with van der Waals surface area (Å²) in [5, 5.41) is 8.97. The van der Waals surface area contributed by atoms with Gasteiger partial charge in [0.25, 0.3) is 0 Å². The summed E-state index contributed by atoms with van der Waals surface area (Å²) in [4.78, 5) is 11.4. The predicted molar refractivity (Wildman–Crippen MR) is 71.8 cm³/mol. The van der Waals surface area contributed by atoms with Crippen molar-refractivity contribution in [3.8, 4) is 0 Å². The zero-order valence-corrected chi connectivity index (χ0v) is 12.7. The molecule has 0 radical (unpaired) electrons. The average Bonchev–Trinajstić information content (AvgIpc) is 2.27. The lowest BCUT2D eigenvalue weighted by molar-refractivity contribution is 0.120. The number of carbonyl (C=O) groups excluding carboxylic acids is 1. The molecule has 0 aromatic carbocycles. The minimum Gasteiger partial charge on any atom is -0.446 e. The minimum absolute atomic E-state index is 0.0589. The highest BCUT2D eigenvalue weighted by Gasteiger charge is 2.29. The SMILES string of the molecule is CCC(CC)N(CCO)S(=O)(=O)NC(=O)OC(C)C. The van der Waals surface area contributed by atoms with E-state index in [0.717, 1.165) is 4.31 Å². The number of hydrogen-bond donors (Lipinski definition) is 2. The first-order valence-electron chi connectivity index (χ1n) is 6.39. The summed E-state index contributed by atoms with van der Waals surface area (Å²) in [6.45, 7) is 6.57. The molecule has 0 aromatic heterocycles. The molecule has 1 amide bonds. The number of aliphatic hydroxyl groups excluding tert-OH is 1. The highest BCUT2D eigenvalue weighted by Crippen LogP contribution is 2.12. The highest BCUT2D eigenvalue weighted by atomic mass is 32.2. The van der Waals surface area contributed by atoms with E-state index in [1.54, 1.807) is 13.8 Å². The fourth-order valence-corrected chi connectivity index (χ4v) is 3.08. The van der Waals surface area contributed by atoms with Crippen molar-refractivity contribution in [2.45, 2.75) is 52.7 Å². The molecule has 0 aliphatic rings. The number of rotatable bonds is 8. The molecule has 0 spiro atoms. The number of amides is 1. The average molecular weight is 296 g/mol. The number of carbonyl (C=O) groups is 1. The van der Waals surface area contributed by atoms with Crippen molar-refractivity contribution in [3.63, 3.8) is 0 Å². The normalized spacial score (nSPS) is 12.2. The van der Waals surface area contributed by atoms with Gasteiger partial charge in [-0.1, -0.05) is 13.8 Å². The van der Waals surface area contributed by atoms with Gasteiger partial charge in [0.05, 0.1) is 12.7 Å². The molecule has 8 heteroatoms. The van der Waals surface area contributed by atoms with E-state index in [1.165, 1.54) is 0 Å². The van der Waals surface area contributed by atoms with Gasteiger partial charge in [-0.05, 0) is 26.7 Å². The molecule has 0 heterocycles. The Morgan fingerprint density at radius 2 is 1.84 bits per heavy atom. The molecule has 19 heavy (non-hydrogen) atoms. The Bertz CT molecular complexity index is 365. The summed E-state index contributed by atoms with van der Waals surface area (Å²) in [6, 6.07) is -0.267. The third-order valence-electron chi connectivity index (χ3n) is 2.53. The third-order valence-corrected chi connectivity index (χ3v) is 4.06. The summed E-state index contributed by atoms with van der Waals surface area (Å²) in [5.74, 6) is 0. The van der Waals surface area contributed by atoms with Crippen LogP contribution in [-0.4, -0.2) is 49.2 Å². The molecule has 0 aromatic rings. The largest absolute Gasteiger partial charge is 0.446 e. The maximum atomic E-state index is 12.1. The summed E-state index contributed by atoms with van der Waals surface area (Å²) < 4.78 is 31.8. The molecular weight excluding hydrogens is 272 g/mol. The molecule has 0 aliphatic carbocycles. The van der Waals surface area contributed by atoms with Gasteiger partial charge in [0.15, 0.2) is 0 Å². The van der Waals surface area contributed by atoms with Crippen molar-refractivity contribution in [2.24, 2.45) is 0 Å². The highest BCUT2D eigenvalue weighted by molar-refractivity contribution is 7.87. The lowest BCUT2D eigenvalue weighted by atomic mass is 10.2. The molecule has 0 unspecified atom stereocenters. The Balaban J connectivity index is 4.93. The van der Waals surface area contributed by atoms with Crippen LogP contribution in [0.3, 0.4) is 0 Å². The van der Waals surface area contributed by atoms with Crippen LogP contribution in [0.2, 0.25) is 0 Å². The van der Waals surface area contributed by atoms with Crippen LogP contribution in [-0.2, 0) is 14.9 Å². The van der Waals surface area contributed by atoms with Gasteiger partial charge in [0.2, 0.25) is 0 Å². The van der Waals surface area contributed by atoms with Gasteiger partial charge in [-0.2, -0.15) is 12.7 Å². The van der Waals surface area contributed by atoms with E-state index in [9.17, 15) is 13.2 Å². The van der Waals surface area contributed by atoms with E-state index < -0.39 is 22.4 Å². The third kappa shape index (κ3) is 6.22. The monoisotopic (exact) mass is 296 g/mol. The van der Waals surface area contributed by atoms with Gasteiger partial charge < -0.3 is 9.84 Å². The van der Waals surface area contributed by atoms with Gasteiger partial charge in [0.1, 0.15) is 0 Å². The van der Waals surface area contributed by atoms with Crippen molar-refractivity contribution >= 4 is 16.3 Å². The summed E-state index contributed by atoms with van der Waals surface area (Å²) in [6.07, 6.45) is -0.230. The van der Waals surface area contributed by atoms with Crippen LogP contribution in [0, 0.1) is 0 Å². The number of hydrogen-bond acceptors (Lipinski definition) is 5. The second-order valence-corrected chi connectivity index (χ2v) is 5.99. The Hall–Kier alpha value is -0.860. The summed E-state index contributed by atoms with van der Waals surface area (Å²) in [5.41, 5.74) is 0. The second-order valence-electron chi connectivity index (χ2n) is 4.37. The van der Waals surface area contributed by atoms with Gasteiger partial charge in [-0.25, -0.2) is 9.52 Å². The number of nitrogens with one attached hydrogen (secondary N) is 1. The van der Waals surface area contributed by atoms with Crippen molar-refractivity contribution in [1.29, 1.82) is 0 Å². The van der Waals surface area contributed by atoms with E-state index in [-0.39, 0.29) is 19.2 Å². The lowest BCUT2D eigenvalue weighted by Crippen LogP contribution is -2.49. The van der Waals surface area contributed by atoms with Gasteiger partial charge in [-0.3, -0.25) is 0 Å². The molecule has 7 nitrogen and oxygen atoms in total. The topological polar surface area (TPSA) is 95.9 Å². The van der Waals surface area contributed by atoms with E-state index in [2.05, 4.69) is 0 Å². The van der Waals surface area contributed by atoms with E-state index >= 15 is 0 Å². The molecule has 0 bridgehead atoms. The molecule has 0 saturated carbocycles. The smallest absolute Gasteiger partial charge is 0.422 e. The molecule has 0 rings (SSSR count). The van der Waals surface area contributed by atoms with Gasteiger partial charge in [0, 0.05) is 12.6 Å². The van der Waals surface area contributed by atoms with Crippen molar-refractivity contribution < 1.29 is 23.1 Å².